The fraction of sp³-hybridized carbons (Fsp3) is 0.258. The zero-order chi connectivity index (χ0) is 27.4. The summed E-state index contributed by atoms with van der Waals surface area (Å²) in [5.41, 5.74) is 6.18. The van der Waals surface area contributed by atoms with E-state index >= 15 is 0 Å². The van der Waals surface area contributed by atoms with E-state index in [2.05, 4.69) is 34.5 Å². The molecule has 0 aliphatic carbocycles. The lowest BCUT2D eigenvalue weighted by molar-refractivity contribution is 0.0907. The molecule has 0 fully saturated rings. The van der Waals surface area contributed by atoms with Crippen molar-refractivity contribution < 1.29 is 4.79 Å². The predicted molar refractivity (Wildman–Crippen MR) is 152 cm³/mol. The third kappa shape index (κ3) is 5.65. The third-order valence-corrected chi connectivity index (χ3v) is 7.04. The Morgan fingerprint density at radius 3 is 2.26 bits per heavy atom. The molecule has 5 aromatic rings. The van der Waals surface area contributed by atoms with Gasteiger partial charge in [0, 0.05) is 17.0 Å². The minimum absolute atomic E-state index is 0.185. The summed E-state index contributed by atoms with van der Waals surface area (Å²) in [6.45, 7) is 6.61. The Labute approximate surface area is 227 Å². The van der Waals surface area contributed by atoms with E-state index < -0.39 is 0 Å². The van der Waals surface area contributed by atoms with Gasteiger partial charge in [0.25, 0.3) is 0 Å². The molecule has 2 aromatic heterocycles. The molecule has 5 rings (SSSR count). The third-order valence-electron chi connectivity index (χ3n) is 7.04. The van der Waals surface area contributed by atoms with Crippen LogP contribution in [0.1, 0.15) is 47.6 Å². The summed E-state index contributed by atoms with van der Waals surface area (Å²) < 4.78 is 3.13. The second-order valence-corrected chi connectivity index (χ2v) is 10.2. The molecule has 0 spiro atoms. The lowest BCUT2D eigenvalue weighted by Crippen LogP contribution is -2.31. The molecular weight excluding hydrogens is 488 g/mol. The molecule has 8 nitrogen and oxygen atoms in total. The fourth-order valence-corrected chi connectivity index (χ4v) is 4.94. The molecule has 0 radical (unpaired) electrons. The van der Waals surface area contributed by atoms with Gasteiger partial charge >= 0.3 is 5.69 Å². The van der Waals surface area contributed by atoms with Crippen molar-refractivity contribution >= 4 is 5.91 Å². The molecule has 0 bridgehead atoms. The highest BCUT2D eigenvalue weighted by Gasteiger charge is 2.22. The molecule has 8 heteroatoms. The van der Waals surface area contributed by atoms with Crippen LogP contribution in [-0.4, -0.2) is 35.7 Å². The maximum atomic E-state index is 13.6. The minimum atomic E-state index is -0.278. The van der Waals surface area contributed by atoms with Gasteiger partial charge in [0.15, 0.2) is 5.82 Å². The van der Waals surface area contributed by atoms with Crippen molar-refractivity contribution in [2.45, 2.75) is 46.6 Å². The number of carbonyl (C=O) groups excluding carboxylic acids is 1. The average Bonchev–Trinajstić information content (AvgIpc) is 3.55. The highest BCUT2D eigenvalue weighted by molar-refractivity contribution is 5.82. The maximum absolute atomic E-state index is 13.6. The second-order valence-electron chi connectivity index (χ2n) is 10.2. The van der Waals surface area contributed by atoms with Gasteiger partial charge in [-0.15, -0.1) is 5.10 Å². The number of aromatic amines is 1. The molecule has 198 valence electrons. The van der Waals surface area contributed by atoms with Crippen molar-refractivity contribution in [3.8, 4) is 22.5 Å². The number of tetrazole rings is 1. The van der Waals surface area contributed by atoms with E-state index in [9.17, 15) is 9.59 Å². The van der Waals surface area contributed by atoms with Crippen LogP contribution in [0.3, 0.4) is 0 Å². The molecule has 0 aliphatic rings. The number of H-pyrrole nitrogens is 1. The van der Waals surface area contributed by atoms with E-state index in [1.165, 1.54) is 4.57 Å². The van der Waals surface area contributed by atoms with Crippen LogP contribution in [0.4, 0.5) is 0 Å². The van der Waals surface area contributed by atoms with Gasteiger partial charge in [-0.1, -0.05) is 92.7 Å². The highest BCUT2D eigenvalue weighted by Crippen LogP contribution is 2.30. The maximum Gasteiger partial charge on any atom is 0.335 e. The Hall–Kier alpha value is -4.59. The Morgan fingerprint density at radius 2 is 1.59 bits per heavy atom. The number of carbonyl (C=O) groups is 1. The van der Waals surface area contributed by atoms with Crippen LogP contribution < -0.4 is 5.69 Å². The Bertz CT molecular complexity index is 1610. The zero-order valence-corrected chi connectivity index (χ0v) is 22.5. The Morgan fingerprint density at radius 1 is 0.897 bits per heavy atom. The van der Waals surface area contributed by atoms with Crippen LogP contribution in [0.5, 0.6) is 0 Å². The summed E-state index contributed by atoms with van der Waals surface area (Å²) in [5.74, 6) is 0.880. The summed E-state index contributed by atoms with van der Waals surface area (Å²) in [6, 6.07) is 25.6. The lowest BCUT2D eigenvalue weighted by atomic mass is 9.98. The first-order valence-electron chi connectivity index (χ1n) is 13.2. The number of rotatable bonds is 9. The number of hydrogen-bond acceptors (Lipinski definition) is 5. The molecule has 0 amide bonds. The quantitative estimate of drug-likeness (QED) is 0.283. The molecule has 0 saturated heterocycles. The first kappa shape index (κ1) is 26.0. The van der Waals surface area contributed by atoms with Crippen molar-refractivity contribution in [2.24, 2.45) is 5.92 Å². The first-order chi connectivity index (χ1) is 18.9. The average molecular weight is 521 g/mol. The van der Waals surface area contributed by atoms with Gasteiger partial charge in [-0.2, -0.15) is 0 Å². The largest absolute Gasteiger partial charge is 0.335 e. The van der Waals surface area contributed by atoms with Gasteiger partial charge < -0.3 is 0 Å². The summed E-state index contributed by atoms with van der Waals surface area (Å²) in [6.07, 6.45) is 1.86. The number of nitrogens with zero attached hydrogens (tertiary/aromatic N) is 5. The van der Waals surface area contributed by atoms with Gasteiger partial charge in [0.05, 0.1) is 13.0 Å². The van der Waals surface area contributed by atoms with Crippen LogP contribution in [0.2, 0.25) is 0 Å². The number of hydrogen-bond donors (Lipinski definition) is 1. The monoisotopic (exact) mass is 520 g/mol. The summed E-state index contributed by atoms with van der Waals surface area (Å²) in [7, 11) is 0. The van der Waals surface area contributed by atoms with Crippen LogP contribution in [0.15, 0.2) is 83.7 Å². The number of aromatic nitrogens is 6. The minimum Gasteiger partial charge on any atom is -0.291 e. The van der Waals surface area contributed by atoms with Crippen molar-refractivity contribution in [3.05, 3.63) is 112 Å². The molecule has 3 aromatic carbocycles. The van der Waals surface area contributed by atoms with Gasteiger partial charge in [0.2, 0.25) is 5.91 Å². The molecule has 2 heterocycles. The molecule has 0 unspecified atom stereocenters. The molecule has 39 heavy (non-hydrogen) atoms. The van der Waals surface area contributed by atoms with Crippen molar-refractivity contribution in [3.63, 3.8) is 0 Å². The van der Waals surface area contributed by atoms with E-state index in [1.54, 1.807) is 4.57 Å². The van der Waals surface area contributed by atoms with Crippen LogP contribution in [0, 0.1) is 12.8 Å². The number of nitrogens with one attached hydrogen (secondary N) is 1. The fourth-order valence-electron chi connectivity index (χ4n) is 4.94. The molecule has 0 aliphatic heterocycles. The van der Waals surface area contributed by atoms with Gasteiger partial charge in [-0.05, 0) is 58.4 Å². The van der Waals surface area contributed by atoms with E-state index in [-0.39, 0.29) is 18.0 Å². The molecule has 0 atom stereocenters. The number of imidazole rings is 1. The second kappa shape index (κ2) is 11.4. The van der Waals surface area contributed by atoms with Crippen molar-refractivity contribution in [1.29, 1.82) is 0 Å². The standard InChI is InChI=1S/C31H32N6O2/c1-21(2)13-18-28-22(3)37(29(38)19-23-9-5-4-6-10-23)31(39)36(28)20-24-14-16-25(17-15-24)26-11-7-8-12-27(26)30-32-34-35-33-30/h4-12,14-17,21H,13,18-20H2,1-3H3,(H,32,33,34,35). The van der Waals surface area contributed by atoms with E-state index in [0.29, 0.717) is 18.3 Å². The summed E-state index contributed by atoms with van der Waals surface area (Å²) in [4.78, 5) is 26.9. The van der Waals surface area contributed by atoms with E-state index in [1.807, 2.05) is 85.8 Å². The molecule has 0 saturated carbocycles. The number of benzene rings is 3. The smallest absolute Gasteiger partial charge is 0.291 e. The van der Waals surface area contributed by atoms with Crippen LogP contribution >= 0.6 is 0 Å². The van der Waals surface area contributed by atoms with E-state index in [0.717, 1.165) is 52.0 Å². The van der Waals surface area contributed by atoms with E-state index in [4.69, 9.17) is 0 Å². The van der Waals surface area contributed by atoms with Crippen LogP contribution in [-0.2, 0) is 19.4 Å². The Balaban J connectivity index is 1.46. The van der Waals surface area contributed by atoms with Gasteiger partial charge in [0.1, 0.15) is 0 Å². The molecular formula is C31H32N6O2. The van der Waals surface area contributed by atoms with Crippen LogP contribution in [0.25, 0.3) is 22.5 Å². The predicted octanol–water partition coefficient (Wildman–Crippen LogP) is 5.33. The highest BCUT2D eigenvalue weighted by atomic mass is 16.2. The SMILES string of the molecule is Cc1c(CCC(C)C)n(Cc2ccc(-c3ccccc3-c3nnn[nH]3)cc2)c(=O)n1C(=O)Cc1ccccc1. The zero-order valence-electron chi connectivity index (χ0n) is 22.5. The normalized spacial score (nSPS) is 11.3. The van der Waals surface area contributed by atoms with Crippen molar-refractivity contribution in [1.82, 2.24) is 29.8 Å². The Kier molecular flexibility index (Phi) is 7.63. The first-order valence-corrected chi connectivity index (χ1v) is 13.2. The van der Waals surface area contributed by atoms with Gasteiger partial charge in [-0.3, -0.25) is 9.36 Å². The van der Waals surface area contributed by atoms with Crippen molar-refractivity contribution in [2.75, 3.05) is 0 Å². The topological polar surface area (TPSA) is 98.5 Å². The molecule has 1 N–H and O–H groups in total. The van der Waals surface area contributed by atoms with Gasteiger partial charge in [-0.25, -0.2) is 14.5 Å². The summed E-state index contributed by atoms with van der Waals surface area (Å²) >= 11 is 0. The summed E-state index contributed by atoms with van der Waals surface area (Å²) in [5, 5.41) is 14.3. The lowest BCUT2D eigenvalue weighted by Gasteiger charge is -2.11.